The zero-order valence-corrected chi connectivity index (χ0v) is 7.26. The van der Waals surface area contributed by atoms with E-state index in [1.54, 1.807) is 0 Å². The molecule has 0 amide bonds. The molecule has 0 rings (SSSR count). The maximum Gasteiger partial charge on any atom is 0.0742 e. The summed E-state index contributed by atoms with van der Waals surface area (Å²) in [6.45, 7) is 1.39. The predicted octanol–water partition coefficient (Wildman–Crippen LogP) is 0.777. The van der Waals surface area contributed by atoms with Gasteiger partial charge in [-0.1, -0.05) is 0 Å². The van der Waals surface area contributed by atoms with Gasteiger partial charge < -0.3 is 10.2 Å². The highest BCUT2D eigenvalue weighted by Crippen LogP contribution is 1.68. The molecule has 0 aliphatic carbocycles. The molecule has 2 N–H and O–H groups in total. The first kappa shape index (κ1) is 33.2. The fourth-order valence-corrected chi connectivity index (χ4v) is 0. The average Bonchev–Trinajstić information content (AvgIpc) is 1.38. The highest BCUT2D eigenvalue weighted by atomic mass is 35.5. The van der Waals surface area contributed by atoms with Gasteiger partial charge in [0.05, 0.1) is 12.7 Å². The maximum atomic E-state index is 8.11. The molecule has 6 heteroatoms. The summed E-state index contributed by atoms with van der Waals surface area (Å²) in [5.74, 6) is 0. The van der Waals surface area contributed by atoms with Crippen LogP contribution in [0, 0.1) is 0 Å². The van der Waals surface area contributed by atoms with Crippen molar-refractivity contribution in [3.05, 3.63) is 0 Å². The molecule has 0 radical (unpaired) electrons. The first-order valence-corrected chi connectivity index (χ1v) is 1.56. The zero-order valence-electron chi connectivity index (χ0n) is 4.81. The topological polar surface area (TPSA) is 40.5 Å². The molecule has 0 aromatic carbocycles. The van der Waals surface area contributed by atoms with Gasteiger partial charge in [0.2, 0.25) is 0 Å². The van der Waals surface area contributed by atoms with Crippen LogP contribution in [0.1, 0.15) is 6.92 Å². The lowest BCUT2D eigenvalue weighted by Gasteiger charge is -1.90. The molecule has 0 bridgehead atoms. The molecule has 0 aromatic rings. The van der Waals surface area contributed by atoms with Crippen LogP contribution in [0.2, 0.25) is 0 Å². The van der Waals surface area contributed by atoms with Crippen LogP contribution < -0.4 is 0 Å². The van der Waals surface area contributed by atoms with Crippen molar-refractivity contribution in [1.82, 2.24) is 0 Å². The normalized spacial score (nSPS) is 8.33. The minimum absolute atomic E-state index is 0. The monoisotopic (exact) mass is 204 g/mol. The Balaban J connectivity index is -0.0000000133. The van der Waals surface area contributed by atoms with E-state index in [4.69, 9.17) is 10.2 Å². The summed E-state index contributed by atoms with van der Waals surface area (Å²) in [6, 6.07) is 0. The Labute approximate surface area is 72.2 Å². The van der Waals surface area contributed by atoms with Crippen molar-refractivity contribution in [3.8, 4) is 0 Å². The number of halogens is 4. The molecule has 1 unspecified atom stereocenters. The van der Waals surface area contributed by atoms with Crippen molar-refractivity contribution in [2.75, 3.05) is 6.61 Å². The van der Waals surface area contributed by atoms with Crippen molar-refractivity contribution >= 4 is 37.2 Å². The van der Waals surface area contributed by atoms with Crippen molar-refractivity contribution in [3.63, 3.8) is 0 Å². The van der Waals surface area contributed by atoms with Gasteiger partial charge in [-0.3, -0.25) is 4.70 Å². The lowest BCUT2D eigenvalue weighted by molar-refractivity contribution is 0.110. The molecule has 0 aliphatic heterocycles. The Hall–Kier alpha value is 0.720. The largest absolute Gasteiger partial charge is 0.394 e. The first-order valence-electron chi connectivity index (χ1n) is 1.56. The molecule has 0 heterocycles. The third-order valence-corrected chi connectivity index (χ3v) is 0.264. The summed E-state index contributed by atoms with van der Waals surface area (Å²) in [5, 5.41) is 16.0. The van der Waals surface area contributed by atoms with E-state index in [0.29, 0.717) is 0 Å². The quantitative estimate of drug-likeness (QED) is 0.664. The van der Waals surface area contributed by atoms with Gasteiger partial charge in [-0.2, -0.15) is 0 Å². The number of rotatable bonds is 1. The first-order chi connectivity index (χ1) is 2.27. The molecule has 0 fully saturated rings. The van der Waals surface area contributed by atoms with E-state index in [1.165, 1.54) is 6.92 Å². The van der Waals surface area contributed by atoms with Crippen LogP contribution in [0.5, 0.6) is 0 Å². The Bertz CT molecular complexity index is 31.0. The van der Waals surface area contributed by atoms with Crippen LogP contribution >= 0.6 is 37.2 Å². The highest BCUT2D eigenvalue weighted by Gasteiger charge is 1.83. The van der Waals surface area contributed by atoms with E-state index in [1.807, 2.05) is 0 Å². The maximum absolute atomic E-state index is 8.11. The Morgan fingerprint density at radius 1 is 1.22 bits per heavy atom. The molecule has 0 aromatic heterocycles. The third-order valence-electron chi connectivity index (χ3n) is 0.264. The van der Waals surface area contributed by atoms with Gasteiger partial charge in [0.1, 0.15) is 0 Å². The molecule has 1 atom stereocenters. The molecule has 2 nitrogen and oxygen atoms in total. The van der Waals surface area contributed by atoms with E-state index in [-0.39, 0.29) is 48.5 Å². The van der Waals surface area contributed by atoms with Crippen molar-refractivity contribution in [2.24, 2.45) is 0 Å². The number of aliphatic hydroxyl groups is 2. The van der Waals surface area contributed by atoms with Crippen LogP contribution in [0.15, 0.2) is 0 Å². The van der Waals surface area contributed by atoms with Crippen LogP contribution in [0.4, 0.5) is 4.70 Å². The summed E-state index contributed by atoms with van der Waals surface area (Å²) in [7, 11) is 0. The Morgan fingerprint density at radius 2 is 1.33 bits per heavy atom. The van der Waals surface area contributed by atoms with Crippen molar-refractivity contribution in [1.29, 1.82) is 0 Å². The SMILES string of the molecule is CC(O)CO.Cl.Cl.Cl.F. The summed E-state index contributed by atoms with van der Waals surface area (Å²) in [5.41, 5.74) is 0. The van der Waals surface area contributed by atoms with Gasteiger partial charge in [-0.15, -0.1) is 37.2 Å². The number of aliphatic hydroxyl groups excluding tert-OH is 2. The van der Waals surface area contributed by atoms with Gasteiger partial charge in [0, 0.05) is 0 Å². The summed E-state index contributed by atoms with van der Waals surface area (Å²) in [6.07, 6.45) is -0.560. The Morgan fingerprint density at radius 3 is 1.33 bits per heavy atom. The van der Waals surface area contributed by atoms with Crippen LogP contribution in [-0.2, 0) is 0 Å². The van der Waals surface area contributed by atoms with Crippen LogP contribution in [0.25, 0.3) is 0 Å². The second-order valence-electron chi connectivity index (χ2n) is 1.03. The van der Waals surface area contributed by atoms with E-state index < -0.39 is 6.10 Å². The lowest BCUT2D eigenvalue weighted by Crippen LogP contribution is -2.03. The van der Waals surface area contributed by atoms with Crippen molar-refractivity contribution in [2.45, 2.75) is 13.0 Å². The second-order valence-corrected chi connectivity index (χ2v) is 1.03. The molecule has 9 heavy (non-hydrogen) atoms. The van der Waals surface area contributed by atoms with E-state index in [0.717, 1.165) is 0 Å². The molecule has 0 spiro atoms. The van der Waals surface area contributed by atoms with Crippen LogP contribution in [-0.4, -0.2) is 22.9 Å². The third kappa shape index (κ3) is 53.2. The van der Waals surface area contributed by atoms with E-state index >= 15 is 0 Å². The van der Waals surface area contributed by atoms with Gasteiger partial charge in [0.15, 0.2) is 0 Å². The minimum atomic E-state index is -0.560. The summed E-state index contributed by atoms with van der Waals surface area (Å²) >= 11 is 0. The lowest BCUT2D eigenvalue weighted by atomic mass is 10.5. The van der Waals surface area contributed by atoms with Gasteiger partial charge in [-0.25, -0.2) is 0 Å². The van der Waals surface area contributed by atoms with Gasteiger partial charge >= 0.3 is 0 Å². The molecule has 64 valence electrons. The van der Waals surface area contributed by atoms with Gasteiger partial charge in [-0.05, 0) is 6.92 Å². The fourth-order valence-electron chi connectivity index (χ4n) is 0. The molecule has 0 aliphatic rings. The molecular weight excluding hydrogens is 193 g/mol. The average molecular weight is 205 g/mol. The Kier molecular flexibility index (Phi) is 86.0. The van der Waals surface area contributed by atoms with Crippen LogP contribution in [0.3, 0.4) is 0 Å². The predicted molar refractivity (Wildman–Crippen MR) is 43.0 cm³/mol. The standard InChI is InChI=1S/C3H8O2.3ClH.FH/c1-3(5)2-4;;;;/h3-5H,2H2,1H3;4*1H. The second kappa shape index (κ2) is 23.3. The number of hydrogen-bond donors (Lipinski definition) is 2. The smallest absolute Gasteiger partial charge is 0.0742 e. The number of hydrogen-bond acceptors (Lipinski definition) is 2. The summed E-state index contributed by atoms with van der Waals surface area (Å²) < 4.78 is 0. The summed E-state index contributed by atoms with van der Waals surface area (Å²) in [4.78, 5) is 0. The fraction of sp³-hybridized carbons (Fsp3) is 1.00. The van der Waals surface area contributed by atoms with Gasteiger partial charge in [0.25, 0.3) is 0 Å². The molecule has 0 saturated heterocycles. The zero-order chi connectivity index (χ0) is 4.28. The highest BCUT2D eigenvalue weighted by molar-refractivity contribution is 5.86. The molecule has 0 saturated carbocycles. The minimum Gasteiger partial charge on any atom is -0.394 e. The van der Waals surface area contributed by atoms with E-state index in [9.17, 15) is 0 Å². The van der Waals surface area contributed by atoms with Crippen molar-refractivity contribution < 1.29 is 14.9 Å². The molecular formula is C3H12Cl3FO2. The van der Waals surface area contributed by atoms with E-state index in [2.05, 4.69) is 0 Å².